The first-order valence-electron chi connectivity index (χ1n) is 9.83. The number of aromatic nitrogens is 1. The first-order chi connectivity index (χ1) is 12.7. The summed E-state index contributed by atoms with van der Waals surface area (Å²) >= 11 is 0. The van der Waals surface area contributed by atoms with Gasteiger partial charge in [-0.25, -0.2) is 0 Å². The number of likely N-dealkylation sites (tertiary alicyclic amines) is 1. The highest BCUT2D eigenvalue weighted by atomic mass is 16.5. The zero-order valence-corrected chi connectivity index (χ0v) is 16.8. The van der Waals surface area contributed by atoms with Crippen molar-refractivity contribution in [1.82, 2.24) is 20.7 Å². The Morgan fingerprint density at radius 1 is 1.27 bits per heavy atom. The van der Waals surface area contributed by atoms with Crippen LogP contribution in [0.15, 0.2) is 9.52 Å². The molecule has 148 valence electrons. The maximum Gasteiger partial charge on any atom is 0.191 e. The summed E-state index contributed by atoms with van der Waals surface area (Å²) in [6.45, 7) is 10.0. The molecule has 0 bridgehead atoms. The van der Waals surface area contributed by atoms with Crippen molar-refractivity contribution in [3.05, 3.63) is 17.0 Å². The molecule has 1 aromatic rings. The average Bonchev–Trinajstić information content (AvgIpc) is 3.09. The van der Waals surface area contributed by atoms with Crippen LogP contribution < -0.4 is 10.6 Å². The second kappa shape index (κ2) is 11.2. The summed E-state index contributed by atoms with van der Waals surface area (Å²) < 4.78 is 10.6. The maximum absolute atomic E-state index is 5.43. The lowest BCUT2D eigenvalue weighted by atomic mass is 9.97. The van der Waals surface area contributed by atoms with Crippen molar-refractivity contribution < 1.29 is 9.26 Å². The highest BCUT2D eigenvalue weighted by molar-refractivity contribution is 5.79. The Bertz CT molecular complexity index is 529. The number of aliphatic imine (C=N–C) groups is 1. The number of hydrogen-bond acceptors (Lipinski definition) is 5. The average molecular weight is 366 g/mol. The molecule has 1 aliphatic rings. The first kappa shape index (κ1) is 20.7. The second-order valence-electron chi connectivity index (χ2n) is 6.82. The van der Waals surface area contributed by atoms with E-state index in [4.69, 9.17) is 9.26 Å². The molecule has 0 radical (unpaired) electrons. The van der Waals surface area contributed by atoms with Crippen molar-refractivity contribution in [3.63, 3.8) is 0 Å². The van der Waals surface area contributed by atoms with E-state index in [-0.39, 0.29) is 0 Å². The predicted molar refractivity (Wildman–Crippen MR) is 105 cm³/mol. The summed E-state index contributed by atoms with van der Waals surface area (Å²) in [4.78, 5) is 6.84. The van der Waals surface area contributed by atoms with Gasteiger partial charge in [-0.3, -0.25) is 4.99 Å². The molecule has 0 saturated carbocycles. The lowest BCUT2D eigenvalue weighted by Gasteiger charge is -2.32. The highest BCUT2D eigenvalue weighted by Gasteiger charge is 2.19. The van der Waals surface area contributed by atoms with E-state index in [1.54, 1.807) is 7.11 Å². The molecule has 7 nitrogen and oxygen atoms in total. The highest BCUT2D eigenvalue weighted by Crippen LogP contribution is 2.17. The molecule has 7 heteroatoms. The third-order valence-electron chi connectivity index (χ3n) is 5.14. The fraction of sp³-hybridized carbons (Fsp3) is 0.789. The zero-order chi connectivity index (χ0) is 18.8. The van der Waals surface area contributed by atoms with E-state index in [9.17, 15) is 0 Å². The second-order valence-corrected chi connectivity index (χ2v) is 6.82. The summed E-state index contributed by atoms with van der Waals surface area (Å²) in [5.74, 6) is 2.51. The summed E-state index contributed by atoms with van der Waals surface area (Å²) in [6.07, 6.45) is 4.19. The largest absolute Gasteiger partial charge is 0.383 e. The molecular weight excluding hydrogens is 330 g/mol. The van der Waals surface area contributed by atoms with Crippen LogP contribution in [0.25, 0.3) is 0 Å². The van der Waals surface area contributed by atoms with Crippen LogP contribution in [-0.2, 0) is 24.1 Å². The third-order valence-corrected chi connectivity index (χ3v) is 5.14. The van der Waals surface area contributed by atoms with E-state index in [1.165, 1.54) is 18.4 Å². The van der Waals surface area contributed by atoms with Crippen LogP contribution in [0, 0.1) is 5.92 Å². The molecule has 26 heavy (non-hydrogen) atoms. The predicted octanol–water partition coefficient (Wildman–Crippen LogP) is 1.82. The van der Waals surface area contributed by atoms with Gasteiger partial charge in [0, 0.05) is 45.8 Å². The third kappa shape index (κ3) is 5.99. The minimum Gasteiger partial charge on any atom is -0.383 e. The smallest absolute Gasteiger partial charge is 0.191 e. The molecule has 0 unspecified atom stereocenters. The van der Waals surface area contributed by atoms with E-state index < -0.39 is 0 Å². The Labute approximate surface area is 157 Å². The van der Waals surface area contributed by atoms with Crippen molar-refractivity contribution in [2.75, 3.05) is 46.9 Å². The summed E-state index contributed by atoms with van der Waals surface area (Å²) in [5.41, 5.74) is 2.21. The molecule has 1 aliphatic heterocycles. The molecule has 0 amide bonds. The SMILES string of the molecule is CCc1noc(CC)c1CNC(=NC)NCC1CCN(CCOC)CC1. The fourth-order valence-corrected chi connectivity index (χ4v) is 3.41. The summed E-state index contributed by atoms with van der Waals surface area (Å²) in [6, 6.07) is 0. The molecule has 1 aromatic heterocycles. The molecule has 2 heterocycles. The van der Waals surface area contributed by atoms with Gasteiger partial charge in [-0.2, -0.15) is 0 Å². The van der Waals surface area contributed by atoms with Gasteiger partial charge in [0.05, 0.1) is 12.3 Å². The standard InChI is InChI=1S/C19H35N5O2/c1-5-17-16(18(6-2)26-23-17)14-22-19(20-3)21-13-15-7-9-24(10-8-15)11-12-25-4/h15H,5-14H2,1-4H3,(H2,20,21,22). The van der Waals surface area contributed by atoms with Gasteiger partial charge in [-0.05, 0) is 38.3 Å². The number of ether oxygens (including phenoxy) is 1. The Balaban J connectivity index is 1.74. The Morgan fingerprint density at radius 3 is 2.65 bits per heavy atom. The molecule has 1 saturated heterocycles. The van der Waals surface area contributed by atoms with Crippen LogP contribution in [0.3, 0.4) is 0 Å². The van der Waals surface area contributed by atoms with Gasteiger partial charge in [0.25, 0.3) is 0 Å². The van der Waals surface area contributed by atoms with Crippen molar-refractivity contribution in [1.29, 1.82) is 0 Å². The minimum absolute atomic E-state index is 0.695. The van der Waals surface area contributed by atoms with Crippen LogP contribution in [0.4, 0.5) is 0 Å². The van der Waals surface area contributed by atoms with E-state index >= 15 is 0 Å². The van der Waals surface area contributed by atoms with Gasteiger partial charge in [-0.1, -0.05) is 19.0 Å². The van der Waals surface area contributed by atoms with Gasteiger partial charge >= 0.3 is 0 Å². The van der Waals surface area contributed by atoms with E-state index in [1.807, 2.05) is 7.05 Å². The van der Waals surface area contributed by atoms with E-state index in [0.717, 1.165) is 63.0 Å². The Kier molecular flexibility index (Phi) is 8.91. The van der Waals surface area contributed by atoms with Gasteiger partial charge in [0.15, 0.2) is 5.96 Å². The van der Waals surface area contributed by atoms with Crippen LogP contribution >= 0.6 is 0 Å². The number of nitrogens with one attached hydrogen (secondary N) is 2. The molecule has 2 rings (SSSR count). The van der Waals surface area contributed by atoms with Gasteiger partial charge in [0.2, 0.25) is 0 Å². The zero-order valence-electron chi connectivity index (χ0n) is 16.8. The van der Waals surface area contributed by atoms with Gasteiger partial charge in [0.1, 0.15) is 5.76 Å². The fourth-order valence-electron chi connectivity index (χ4n) is 3.41. The Hall–Kier alpha value is -1.60. The molecular formula is C19H35N5O2. The molecule has 0 spiro atoms. The number of piperidine rings is 1. The summed E-state index contributed by atoms with van der Waals surface area (Å²) in [7, 11) is 3.58. The molecule has 1 fully saturated rings. The Morgan fingerprint density at radius 2 is 2.04 bits per heavy atom. The monoisotopic (exact) mass is 365 g/mol. The van der Waals surface area contributed by atoms with Gasteiger partial charge in [-0.15, -0.1) is 0 Å². The molecule has 0 aliphatic carbocycles. The molecule has 2 N–H and O–H groups in total. The van der Waals surface area contributed by atoms with E-state index in [2.05, 4.69) is 39.5 Å². The number of rotatable bonds is 9. The van der Waals surface area contributed by atoms with Crippen molar-refractivity contribution in [2.45, 2.75) is 46.1 Å². The van der Waals surface area contributed by atoms with E-state index in [0.29, 0.717) is 12.5 Å². The van der Waals surface area contributed by atoms with Crippen molar-refractivity contribution in [2.24, 2.45) is 10.9 Å². The van der Waals surface area contributed by atoms with Crippen LogP contribution in [0.2, 0.25) is 0 Å². The maximum atomic E-state index is 5.43. The number of hydrogen-bond donors (Lipinski definition) is 2. The topological polar surface area (TPSA) is 74.9 Å². The minimum atomic E-state index is 0.695. The van der Waals surface area contributed by atoms with Crippen molar-refractivity contribution in [3.8, 4) is 0 Å². The van der Waals surface area contributed by atoms with Crippen LogP contribution in [0.5, 0.6) is 0 Å². The van der Waals surface area contributed by atoms with Crippen LogP contribution in [0.1, 0.15) is 43.7 Å². The number of methoxy groups -OCH3 is 1. The first-order valence-corrected chi connectivity index (χ1v) is 9.83. The lowest BCUT2D eigenvalue weighted by molar-refractivity contribution is 0.121. The van der Waals surface area contributed by atoms with Crippen LogP contribution in [-0.4, -0.2) is 63.0 Å². The number of aryl methyl sites for hydroxylation is 2. The van der Waals surface area contributed by atoms with Crippen molar-refractivity contribution >= 4 is 5.96 Å². The lowest BCUT2D eigenvalue weighted by Crippen LogP contribution is -2.43. The normalized spacial score (nSPS) is 16.8. The molecule has 0 aromatic carbocycles. The summed E-state index contributed by atoms with van der Waals surface area (Å²) in [5, 5.41) is 11.1. The van der Waals surface area contributed by atoms with Gasteiger partial charge < -0.3 is 24.8 Å². The quantitative estimate of drug-likeness (QED) is 0.514. The number of guanidine groups is 1. The number of nitrogens with zero attached hydrogens (tertiary/aromatic N) is 3. The molecule has 0 atom stereocenters.